The first-order chi connectivity index (χ1) is 19.0. The van der Waals surface area contributed by atoms with Gasteiger partial charge < -0.3 is 0 Å². The van der Waals surface area contributed by atoms with Crippen LogP contribution in [0, 0.1) is 0 Å². The van der Waals surface area contributed by atoms with Gasteiger partial charge in [0, 0.05) is 36.1 Å². The maximum absolute atomic E-state index is 12.2. The van der Waals surface area contributed by atoms with E-state index >= 15 is 0 Å². The van der Waals surface area contributed by atoms with Gasteiger partial charge in [0.2, 0.25) is 5.69 Å². The number of para-hydroxylation sites is 1. The molecule has 0 fully saturated rings. The third-order valence-electron chi connectivity index (χ3n) is 6.79. The van der Waals surface area contributed by atoms with Crippen molar-refractivity contribution >= 4 is 64.4 Å². The number of aliphatic imine (C=N–C) groups is 1. The molecule has 4 rings (SSSR count). The van der Waals surface area contributed by atoms with Gasteiger partial charge in [-0.25, -0.2) is 0 Å². The van der Waals surface area contributed by atoms with Crippen molar-refractivity contribution in [3.63, 3.8) is 0 Å². The second kappa shape index (κ2) is 11.2. The molecule has 3 aromatic carbocycles. The summed E-state index contributed by atoms with van der Waals surface area (Å²) >= 11 is 0. The van der Waals surface area contributed by atoms with Gasteiger partial charge in [0.15, 0.2) is 5.71 Å². The molecule has 1 aliphatic heterocycles. The summed E-state index contributed by atoms with van der Waals surface area (Å²) in [7, 11) is -14.1. The van der Waals surface area contributed by atoms with Crippen LogP contribution >= 0.6 is 0 Å². The molecule has 41 heavy (non-hydrogen) atoms. The molecule has 3 aromatic rings. The van der Waals surface area contributed by atoms with E-state index in [2.05, 4.69) is 4.99 Å². The van der Waals surface area contributed by atoms with Crippen molar-refractivity contribution in [2.24, 2.45) is 4.99 Å². The molecular formula is C27H29N2O9S3+. The van der Waals surface area contributed by atoms with Gasteiger partial charge >= 0.3 is 0 Å². The van der Waals surface area contributed by atoms with Gasteiger partial charge in [0.25, 0.3) is 30.4 Å². The maximum Gasteiger partial charge on any atom is 0.295 e. The second-order valence-electron chi connectivity index (χ2n) is 10.0. The third kappa shape index (κ3) is 6.80. The fourth-order valence-corrected chi connectivity index (χ4v) is 6.80. The minimum Gasteiger partial charge on any atom is -0.286 e. The lowest BCUT2D eigenvalue weighted by molar-refractivity contribution is -0.435. The average molecular weight is 622 g/mol. The zero-order valence-electron chi connectivity index (χ0n) is 22.2. The highest BCUT2D eigenvalue weighted by molar-refractivity contribution is 7.87. The number of rotatable bonds is 10. The number of fused-ring (bicyclic) bond motifs is 3. The summed E-state index contributed by atoms with van der Waals surface area (Å²) < 4.78 is 102. The number of hydrogen-bond donors (Lipinski definition) is 3. The van der Waals surface area contributed by atoms with E-state index < -0.39 is 51.3 Å². The zero-order valence-corrected chi connectivity index (χ0v) is 24.6. The Hall–Kier alpha value is -3.27. The summed E-state index contributed by atoms with van der Waals surface area (Å²) in [6.45, 7) is 3.85. The summed E-state index contributed by atoms with van der Waals surface area (Å²) in [5, 5.41) is 0.119. The van der Waals surface area contributed by atoms with E-state index in [1.54, 1.807) is 16.9 Å². The second-order valence-corrected chi connectivity index (χ2v) is 14.4. The number of hydrogen-bond acceptors (Lipinski definition) is 7. The van der Waals surface area contributed by atoms with Crippen LogP contribution in [0.1, 0.15) is 32.3 Å². The van der Waals surface area contributed by atoms with Crippen LogP contribution in [0.25, 0.3) is 10.8 Å². The van der Waals surface area contributed by atoms with Crippen molar-refractivity contribution in [2.75, 3.05) is 12.3 Å². The van der Waals surface area contributed by atoms with Crippen molar-refractivity contribution in [1.82, 2.24) is 0 Å². The molecule has 1 aliphatic rings. The molecule has 0 aromatic heterocycles. The van der Waals surface area contributed by atoms with Crippen molar-refractivity contribution in [2.45, 2.75) is 41.9 Å². The monoisotopic (exact) mass is 621 g/mol. The Morgan fingerprint density at radius 1 is 0.878 bits per heavy atom. The lowest BCUT2D eigenvalue weighted by Crippen LogP contribution is -2.28. The SMILES string of the molecule is CC1(C)C(/C=C/CC=Nc2ccccc2)=[N+](CCCS(=O)(=O)O)c2c1ccc1c(S(=O)(=O)O)cc(S(=O)(=O)O)cc21. The third-order valence-corrected chi connectivity index (χ3v) is 9.32. The van der Waals surface area contributed by atoms with Gasteiger partial charge in [-0.2, -0.15) is 29.8 Å². The van der Waals surface area contributed by atoms with Gasteiger partial charge in [-0.1, -0.05) is 36.4 Å². The number of nitrogens with zero attached hydrogens (tertiary/aromatic N) is 2. The van der Waals surface area contributed by atoms with Crippen LogP contribution in [-0.2, 0) is 35.8 Å². The van der Waals surface area contributed by atoms with Gasteiger partial charge in [-0.3, -0.25) is 18.7 Å². The van der Waals surface area contributed by atoms with E-state index in [1.165, 1.54) is 6.07 Å². The Balaban J connectivity index is 1.92. The minimum absolute atomic E-state index is 0.00875. The highest BCUT2D eigenvalue weighted by atomic mass is 32.2. The van der Waals surface area contributed by atoms with Crippen LogP contribution in [0.15, 0.2) is 81.5 Å². The van der Waals surface area contributed by atoms with E-state index in [1.807, 2.05) is 56.3 Å². The Morgan fingerprint density at radius 3 is 2.17 bits per heavy atom. The highest BCUT2D eigenvalue weighted by Gasteiger charge is 2.45. The molecule has 14 heteroatoms. The lowest BCUT2D eigenvalue weighted by Gasteiger charge is -2.16. The van der Waals surface area contributed by atoms with Crippen molar-refractivity contribution < 1.29 is 43.5 Å². The molecule has 0 unspecified atom stereocenters. The Morgan fingerprint density at radius 2 is 1.56 bits per heavy atom. The fraction of sp³-hybridized carbons (Fsp3) is 0.259. The Bertz CT molecular complexity index is 1930. The summed E-state index contributed by atoms with van der Waals surface area (Å²) in [6.07, 6.45) is 5.83. The first-order valence-corrected chi connectivity index (χ1v) is 16.9. The predicted octanol–water partition coefficient (Wildman–Crippen LogP) is 4.34. The average Bonchev–Trinajstić information content (AvgIpc) is 3.08. The van der Waals surface area contributed by atoms with E-state index in [0.29, 0.717) is 29.4 Å². The first-order valence-electron chi connectivity index (χ1n) is 12.4. The predicted molar refractivity (Wildman–Crippen MR) is 156 cm³/mol. The molecule has 0 saturated heterocycles. The molecule has 218 valence electrons. The molecule has 0 spiro atoms. The van der Waals surface area contributed by atoms with Gasteiger partial charge in [0.05, 0.1) is 27.1 Å². The smallest absolute Gasteiger partial charge is 0.286 e. The summed E-state index contributed by atoms with van der Waals surface area (Å²) in [4.78, 5) is 2.95. The topological polar surface area (TPSA) is 178 Å². The molecule has 0 aliphatic carbocycles. The van der Waals surface area contributed by atoms with Crippen molar-refractivity contribution in [3.8, 4) is 0 Å². The van der Waals surface area contributed by atoms with Crippen LogP contribution in [0.5, 0.6) is 0 Å². The minimum atomic E-state index is -4.91. The van der Waals surface area contributed by atoms with E-state index in [-0.39, 0.29) is 23.7 Å². The summed E-state index contributed by atoms with van der Waals surface area (Å²) in [6, 6.07) is 14.2. The van der Waals surface area contributed by atoms with Crippen LogP contribution in [0.4, 0.5) is 11.4 Å². The molecule has 0 atom stereocenters. The summed E-state index contributed by atoms with van der Waals surface area (Å²) in [5.41, 5.74) is 1.80. The van der Waals surface area contributed by atoms with Crippen LogP contribution < -0.4 is 0 Å². The van der Waals surface area contributed by atoms with E-state index in [0.717, 1.165) is 11.8 Å². The highest BCUT2D eigenvalue weighted by Crippen LogP contribution is 2.46. The molecule has 3 N–H and O–H groups in total. The molecule has 0 saturated carbocycles. The standard InChI is InChI=1S/C27H28N2O9S3/c1-27(2)23-13-12-21-22(17-20(40(33,34)35)18-24(21)41(36,37)38)26(23)29(15-8-16-39(30,31)32)25(27)11-6-7-14-28-19-9-4-3-5-10-19/h3-6,9-14,17-18H,7-8,15-16H2,1-2H3,(H2-,30,31,32,33,34,35,36,37,38)/p+1/b11-6+,28-14?. The van der Waals surface area contributed by atoms with Crippen LogP contribution in [-0.4, -0.2) is 67.7 Å². The zero-order chi connectivity index (χ0) is 30.2. The first kappa shape index (κ1) is 30.7. The van der Waals surface area contributed by atoms with Gasteiger partial charge in [-0.05, 0) is 38.1 Å². The molecular weight excluding hydrogens is 593 g/mol. The van der Waals surface area contributed by atoms with Crippen molar-refractivity contribution in [3.05, 3.63) is 72.3 Å². The van der Waals surface area contributed by atoms with E-state index in [9.17, 15) is 38.9 Å². The normalized spacial score (nSPS) is 15.8. The van der Waals surface area contributed by atoms with Crippen LogP contribution in [0.2, 0.25) is 0 Å². The fourth-order valence-electron chi connectivity index (χ4n) is 4.96. The maximum atomic E-state index is 12.2. The largest absolute Gasteiger partial charge is 0.295 e. The van der Waals surface area contributed by atoms with E-state index in [4.69, 9.17) is 0 Å². The Labute approximate surface area is 238 Å². The number of allylic oxidation sites excluding steroid dienone is 2. The quantitative estimate of drug-likeness (QED) is 0.169. The van der Waals surface area contributed by atoms with Gasteiger partial charge in [-0.15, -0.1) is 0 Å². The molecule has 0 radical (unpaired) electrons. The lowest BCUT2D eigenvalue weighted by atomic mass is 9.80. The number of benzene rings is 3. The Kier molecular flexibility index (Phi) is 8.38. The van der Waals surface area contributed by atoms with Gasteiger partial charge in [0.1, 0.15) is 11.4 Å². The van der Waals surface area contributed by atoms with Crippen molar-refractivity contribution in [1.29, 1.82) is 0 Å². The molecule has 11 nitrogen and oxygen atoms in total. The van der Waals surface area contributed by atoms with Crippen LogP contribution in [0.3, 0.4) is 0 Å². The molecule has 0 bridgehead atoms. The molecule has 1 heterocycles. The summed E-state index contributed by atoms with van der Waals surface area (Å²) in [5.74, 6) is -0.544. The molecule has 0 amide bonds.